The van der Waals surface area contributed by atoms with E-state index in [-0.39, 0.29) is 18.9 Å². The van der Waals surface area contributed by atoms with E-state index in [0.29, 0.717) is 12.1 Å². The standard InChI is InChI=1S/C16H13F6NO3/c17-15(18,19)8-5-9(16(20,21)22)7-10(6-8)23-13(24)11-3-1-2-4-12(11)14(25)26/h1-2,5-7,11-12H,3-4H2,(H,23,24)(H,25,26)/t11-,12-/m1/s1. The zero-order valence-corrected chi connectivity index (χ0v) is 13.0. The monoisotopic (exact) mass is 381 g/mol. The van der Waals surface area contributed by atoms with Crippen molar-refractivity contribution in [3.8, 4) is 0 Å². The van der Waals surface area contributed by atoms with Crippen molar-refractivity contribution < 1.29 is 41.0 Å². The van der Waals surface area contributed by atoms with E-state index >= 15 is 0 Å². The maximum Gasteiger partial charge on any atom is 0.416 e. The predicted octanol–water partition coefficient (Wildman–Crippen LogP) is 4.33. The van der Waals surface area contributed by atoms with Crippen LogP contribution < -0.4 is 5.32 Å². The molecule has 0 bridgehead atoms. The molecule has 10 heteroatoms. The maximum atomic E-state index is 12.8. The third-order valence-corrected chi connectivity index (χ3v) is 3.94. The minimum atomic E-state index is -5.04. The number of allylic oxidation sites excluding steroid dienone is 2. The summed E-state index contributed by atoms with van der Waals surface area (Å²) in [6.07, 6.45) is -6.93. The molecule has 2 rings (SSSR count). The number of alkyl halides is 6. The van der Waals surface area contributed by atoms with Gasteiger partial charge in [0.2, 0.25) is 5.91 Å². The highest BCUT2D eigenvalue weighted by Gasteiger charge is 2.38. The second kappa shape index (κ2) is 7.00. The Bertz CT molecular complexity index is 706. The van der Waals surface area contributed by atoms with Crippen LogP contribution in [0.2, 0.25) is 0 Å². The number of aliphatic carboxylic acids is 1. The number of hydrogen-bond donors (Lipinski definition) is 2. The van der Waals surface area contributed by atoms with Gasteiger partial charge in [0.25, 0.3) is 0 Å². The van der Waals surface area contributed by atoms with Gasteiger partial charge in [-0.3, -0.25) is 9.59 Å². The molecule has 1 aliphatic carbocycles. The Morgan fingerprint density at radius 2 is 1.35 bits per heavy atom. The molecule has 2 N–H and O–H groups in total. The Labute approximate surface area is 143 Å². The first-order valence-electron chi connectivity index (χ1n) is 7.37. The van der Waals surface area contributed by atoms with Crippen molar-refractivity contribution >= 4 is 17.6 Å². The van der Waals surface area contributed by atoms with E-state index in [2.05, 4.69) is 0 Å². The van der Waals surface area contributed by atoms with Crippen LogP contribution in [0.25, 0.3) is 0 Å². The van der Waals surface area contributed by atoms with E-state index in [9.17, 15) is 35.9 Å². The lowest BCUT2D eigenvalue weighted by molar-refractivity contribution is -0.146. The number of halogens is 6. The number of nitrogens with one attached hydrogen (secondary N) is 1. The molecule has 1 aromatic rings. The first kappa shape index (κ1) is 19.8. The number of carbonyl (C=O) groups is 2. The first-order chi connectivity index (χ1) is 11.9. The van der Waals surface area contributed by atoms with Gasteiger partial charge >= 0.3 is 18.3 Å². The Balaban J connectivity index is 2.34. The van der Waals surface area contributed by atoms with Crippen LogP contribution in [-0.4, -0.2) is 17.0 Å². The molecule has 142 valence electrons. The molecular formula is C16H13F6NO3. The van der Waals surface area contributed by atoms with E-state index < -0.39 is 52.9 Å². The molecule has 1 aromatic carbocycles. The van der Waals surface area contributed by atoms with Crippen molar-refractivity contribution in [3.63, 3.8) is 0 Å². The number of hydrogen-bond acceptors (Lipinski definition) is 2. The van der Waals surface area contributed by atoms with Crippen molar-refractivity contribution in [1.82, 2.24) is 0 Å². The van der Waals surface area contributed by atoms with Gasteiger partial charge in [-0.25, -0.2) is 0 Å². The summed E-state index contributed by atoms with van der Waals surface area (Å²) in [7, 11) is 0. The van der Waals surface area contributed by atoms with Crippen LogP contribution in [0.15, 0.2) is 30.4 Å². The lowest BCUT2D eigenvalue weighted by Gasteiger charge is -2.24. The quantitative estimate of drug-likeness (QED) is 0.605. The number of carbonyl (C=O) groups excluding carboxylic acids is 1. The van der Waals surface area contributed by atoms with E-state index in [4.69, 9.17) is 5.11 Å². The van der Waals surface area contributed by atoms with Crippen LogP contribution >= 0.6 is 0 Å². The molecular weight excluding hydrogens is 368 g/mol. The number of carboxylic acid groups (broad SMARTS) is 1. The Kier molecular flexibility index (Phi) is 5.33. The SMILES string of the molecule is O=C(O)[C@@H]1CC=CC[C@H]1C(=O)Nc1cc(C(F)(F)F)cc(C(F)(F)F)c1. The number of amides is 1. The summed E-state index contributed by atoms with van der Waals surface area (Å²) < 4.78 is 77.0. The molecule has 2 atom stereocenters. The second-order valence-electron chi connectivity index (χ2n) is 5.78. The summed E-state index contributed by atoms with van der Waals surface area (Å²) in [5.74, 6) is -4.42. The summed E-state index contributed by atoms with van der Waals surface area (Å²) in [5, 5.41) is 11.1. The summed E-state index contributed by atoms with van der Waals surface area (Å²) in [4.78, 5) is 23.4. The molecule has 0 unspecified atom stereocenters. The highest BCUT2D eigenvalue weighted by atomic mass is 19.4. The molecule has 0 spiro atoms. The smallest absolute Gasteiger partial charge is 0.416 e. The van der Waals surface area contributed by atoms with Crippen molar-refractivity contribution in [1.29, 1.82) is 0 Å². The minimum absolute atomic E-state index is 0.0217. The van der Waals surface area contributed by atoms with Gasteiger partial charge in [0.05, 0.1) is 23.0 Å². The van der Waals surface area contributed by atoms with Gasteiger partial charge in [0, 0.05) is 5.69 Å². The second-order valence-corrected chi connectivity index (χ2v) is 5.78. The summed E-state index contributed by atoms with van der Waals surface area (Å²) in [6, 6.07) is 0.697. The van der Waals surface area contributed by atoms with Gasteiger partial charge in [-0.05, 0) is 31.0 Å². The van der Waals surface area contributed by atoms with Gasteiger partial charge in [0.1, 0.15) is 0 Å². The predicted molar refractivity (Wildman–Crippen MR) is 78.1 cm³/mol. The van der Waals surface area contributed by atoms with Crippen LogP contribution in [0.1, 0.15) is 24.0 Å². The molecule has 0 aliphatic heterocycles. The molecule has 0 aromatic heterocycles. The number of carboxylic acids is 1. The van der Waals surface area contributed by atoms with Crippen LogP contribution in [0.5, 0.6) is 0 Å². The minimum Gasteiger partial charge on any atom is -0.481 e. The summed E-state index contributed by atoms with van der Waals surface area (Å²) >= 11 is 0. The molecule has 1 amide bonds. The topological polar surface area (TPSA) is 66.4 Å². The molecule has 0 heterocycles. The number of rotatable bonds is 3. The van der Waals surface area contributed by atoms with Crippen LogP contribution in [0.3, 0.4) is 0 Å². The Morgan fingerprint density at radius 1 is 0.885 bits per heavy atom. The van der Waals surface area contributed by atoms with Gasteiger partial charge < -0.3 is 10.4 Å². The maximum absolute atomic E-state index is 12.8. The van der Waals surface area contributed by atoms with E-state index in [0.717, 1.165) is 0 Å². The fourth-order valence-electron chi connectivity index (χ4n) is 2.64. The van der Waals surface area contributed by atoms with E-state index in [1.54, 1.807) is 6.08 Å². The summed E-state index contributed by atoms with van der Waals surface area (Å²) in [6.45, 7) is 0. The van der Waals surface area contributed by atoms with Crippen molar-refractivity contribution in [3.05, 3.63) is 41.5 Å². The van der Waals surface area contributed by atoms with Gasteiger partial charge in [-0.15, -0.1) is 0 Å². The van der Waals surface area contributed by atoms with Crippen molar-refractivity contribution in [2.75, 3.05) is 5.32 Å². The van der Waals surface area contributed by atoms with Crippen LogP contribution in [0, 0.1) is 11.8 Å². The molecule has 4 nitrogen and oxygen atoms in total. The lowest BCUT2D eigenvalue weighted by atomic mass is 9.82. The van der Waals surface area contributed by atoms with Gasteiger partial charge in [0.15, 0.2) is 0 Å². The molecule has 26 heavy (non-hydrogen) atoms. The van der Waals surface area contributed by atoms with Gasteiger partial charge in [-0.2, -0.15) is 26.3 Å². The summed E-state index contributed by atoms with van der Waals surface area (Å²) in [5.41, 5.74) is -3.84. The van der Waals surface area contributed by atoms with Gasteiger partial charge in [-0.1, -0.05) is 12.2 Å². The van der Waals surface area contributed by atoms with Crippen LogP contribution in [0.4, 0.5) is 32.0 Å². The van der Waals surface area contributed by atoms with E-state index in [1.807, 2.05) is 5.32 Å². The molecule has 0 saturated carbocycles. The Morgan fingerprint density at radius 3 is 1.77 bits per heavy atom. The highest BCUT2D eigenvalue weighted by Crippen LogP contribution is 2.38. The van der Waals surface area contributed by atoms with Crippen molar-refractivity contribution in [2.45, 2.75) is 25.2 Å². The normalized spacial score (nSPS) is 20.7. The highest BCUT2D eigenvalue weighted by molar-refractivity contribution is 5.95. The van der Waals surface area contributed by atoms with Crippen molar-refractivity contribution in [2.24, 2.45) is 11.8 Å². The molecule has 0 radical (unpaired) electrons. The van der Waals surface area contributed by atoms with Crippen LogP contribution in [-0.2, 0) is 21.9 Å². The third-order valence-electron chi connectivity index (χ3n) is 3.94. The largest absolute Gasteiger partial charge is 0.481 e. The molecule has 0 fully saturated rings. The Hall–Kier alpha value is -2.52. The lowest BCUT2D eigenvalue weighted by Crippen LogP contribution is -2.34. The first-order valence-corrected chi connectivity index (χ1v) is 7.37. The third kappa shape index (κ3) is 4.55. The fourth-order valence-corrected chi connectivity index (χ4v) is 2.64. The van der Waals surface area contributed by atoms with E-state index in [1.165, 1.54) is 6.08 Å². The zero-order valence-electron chi connectivity index (χ0n) is 13.0. The fraction of sp³-hybridized carbons (Fsp3) is 0.375. The molecule has 1 aliphatic rings. The molecule has 0 saturated heterocycles. The zero-order chi connectivity index (χ0) is 19.7. The number of benzene rings is 1. The average Bonchev–Trinajstić information content (AvgIpc) is 2.52. The number of anilines is 1. The average molecular weight is 381 g/mol.